The molecule has 0 aliphatic rings. The van der Waals surface area contributed by atoms with Gasteiger partial charge >= 0.3 is 0 Å². The zero-order chi connectivity index (χ0) is 15.9. The number of amides is 1. The summed E-state index contributed by atoms with van der Waals surface area (Å²) in [6.45, 7) is 8.59. The van der Waals surface area contributed by atoms with Crippen LogP contribution >= 0.6 is 11.3 Å². The van der Waals surface area contributed by atoms with Crippen molar-refractivity contribution in [2.24, 2.45) is 10.4 Å². The van der Waals surface area contributed by atoms with Gasteiger partial charge in [0.15, 0.2) is 4.80 Å². The zero-order valence-electron chi connectivity index (χ0n) is 13.4. The molecule has 0 bridgehead atoms. The summed E-state index contributed by atoms with van der Waals surface area (Å²) in [6.07, 6.45) is 0. The second-order valence-corrected chi connectivity index (χ2v) is 7.41. The third kappa shape index (κ3) is 2.48. The van der Waals surface area contributed by atoms with Gasteiger partial charge in [-0.1, -0.05) is 62.4 Å². The van der Waals surface area contributed by atoms with Gasteiger partial charge in [-0.3, -0.25) is 4.79 Å². The van der Waals surface area contributed by atoms with Gasteiger partial charge in [0.1, 0.15) is 0 Å². The van der Waals surface area contributed by atoms with Gasteiger partial charge in [-0.05, 0) is 18.4 Å². The lowest BCUT2D eigenvalue weighted by atomic mass is 9.96. The topological polar surface area (TPSA) is 34.4 Å². The Bertz CT molecular complexity index is 926. The molecule has 0 aliphatic heterocycles. The maximum Gasteiger partial charge on any atom is 0.253 e. The first-order valence-corrected chi connectivity index (χ1v) is 8.33. The molecule has 1 amide bonds. The quantitative estimate of drug-likeness (QED) is 0.658. The second-order valence-electron chi connectivity index (χ2n) is 6.43. The molecule has 2 aromatic carbocycles. The van der Waals surface area contributed by atoms with E-state index in [9.17, 15) is 4.79 Å². The predicted molar refractivity (Wildman–Crippen MR) is 93.0 cm³/mol. The minimum absolute atomic E-state index is 0.0782. The molecule has 0 N–H and O–H groups in total. The van der Waals surface area contributed by atoms with Crippen molar-refractivity contribution in [1.82, 2.24) is 4.57 Å². The fourth-order valence-electron chi connectivity index (χ4n) is 2.44. The molecule has 0 atom stereocenters. The average Bonchev–Trinajstić information content (AvgIpc) is 2.83. The molecule has 0 unspecified atom stereocenters. The Balaban J connectivity index is 2.35. The maximum atomic E-state index is 12.3. The van der Waals surface area contributed by atoms with Crippen molar-refractivity contribution in [2.75, 3.05) is 0 Å². The predicted octanol–water partition coefficient (Wildman–Crippen LogP) is 4.35. The molecule has 3 nitrogen and oxygen atoms in total. The molecule has 0 aliphatic carbocycles. The van der Waals surface area contributed by atoms with Crippen molar-refractivity contribution in [3.63, 3.8) is 0 Å². The summed E-state index contributed by atoms with van der Waals surface area (Å²) in [7, 11) is 0. The molecule has 3 aromatic rings. The number of aryl methyl sites for hydroxylation is 1. The van der Waals surface area contributed by atoms with Crippen LogP contribution < -0.4 is 4.80 Å². The minimum atomic E-state index is -0.455. The zero-order valence-corrected chi connectivity index (χ0v) is 14.2. The average molecular weight is 312 g/mol. The summed E-state index contributed by atoms with van der Waals surface area (Å²) in [5.74, 6) is -0.0782. The van der Waals surface area contributed by atoms with Crippen molar-refractivity contribution in [3.05, 3.63) is 41.2 Å². The lowest BCUT2D eigenvalue weighted by Crippen LogP contribution is -2.23. The van der Waals surface area contributed by atoms with Crippen LogP contribution in [0.15, 0.2) is 41.4 Å². The Kier molecular flexibility index (Phi) is 3.65. The SMILES string of the molecule is CCn1c(=NC(=O)C(C)(C)C)sc2c3ccccc3ccc21. The van der Waals surface area contributed by atoms with Crippen molar-refractivity contribution in [1.29, 1.82) is 0 Å². The molecule has 22 heavy (non-hydrogen) atoms. The fourth-order valence-corrected chi connectivity index (χ4v) is 3.67. The second kappa shape index (κ2) is 5.36. The first-order valence-electron chi connectivity index (χ1n) is 7.52. The summed E-state index contributed by atoms with van der Waals surface area (Å²) in [5, 5.41) is 2.44. The molecular formula is C18H20N2OS. The highest BCUT2D eigenvalue weighted by molar-refractivity contribution is 7.17. The number of thiazole rings is 1. The number of carbonyl (C=O) groups excluding carboxylic acids is 1. The van der Waals surface area contributed by atoms with Crippen LogP contribution in [-0.4, -0.2) is 10.5 Å². The van der Waals surface area contributed by atoms with Crippen molar-refractivity contribution in [2.45, 2.75) is 34.2 Å². The minimum Gasteiger partial charge on any atom is -0.317 e. The van der Waals surface area contributed by atoms with Gasteiger partial charge < -0.3 is 4.57 Å². The molecule has 3 rings (SSSR count). The molecular weight excluding hydrogens is 292 g/mol. The molecule has 0 spiro atoms. The highest BCUT2D eigenvalue weighted by atomic mass is 32.1. The summed E-state index contributed by atoms with van der Waals surface area (Å²) >= 11 is 1.60. The number of hydrogen-bond acceptors (Lipinski definition) is 2. The van der Waals surface area contributed by atoms with Gasteiger partial charge in [0, 0.05) is 17.3 Å². The van der Waals surface area contributed by atoms with Gasteiger partial charge in [0.25, 0.3) is 5.91 Å². The van der Waals surface area contributed by atoms with Crippen LogP contribution in [0.2, 0.25) is 0 Å². The monoisotopic (exact) mass is 312 g/mol. The number of aromatic nitrogens is 1. The lowest BCUT2D eigenvalue weighted by Gasteiger charge is -2.11. The van der Waals surface area contributed by atoms with Crippen LogP contribution in [0.5, 0.6) is 0 Å². The Labute approximate surface area is 133 Å². The number of rotatable bonds is 1. The fraction of sp³-hybridized carbons (Fsp3) is 0.333. The maximum absolute atomic E-state index is 12.3. The normalized spacial score (nSPS) is 13.2. The summed E-state index contributed by atoms with van der Waals surface area (Å²) in [6, 6.07) is 12.6. The molecule has 4 heteroatoms. The van der Waals surface area contributed by atoms with Crippen molar-refractivity contribution in [3.8, 4) is 0 Å². The Morgan fingerprint density at radius 1 is 1.18 bits per heavy atom. The van der Waals surface area contributed by atoms with Gasteiger partial charge in [0.2, 0.25) is 0 Å². The van der Waals surface area contributed by atoms with Crippen LogP contribution in [0.25, 0.3) is 21.0 Å². The Morgan fingerprint density at radius 2 is 1.91 bits per heavy atom. The molecule has 0 radical (unpaired) electrons. The molecule has 1 aromatic heterocycles. The van der Waals surface area contributed by atoms with E-state index in [1.807, 2.05) is 26.8 Å². The van der Waals surface area contributed by atoms with Crippen LogP contribution in [0.3, 0.4) is 0 Å². The highest BCUT2D eigenvalue weighted by Gasteiger charge is 2.21. The standard InChI is InChI=1S/C18H20N2OS/c1-5-20-14-11-10-12-8-6-7-9-13(12)15(14)22-17(20)19-16(21)18(2,3)4/h6-11H,5H2,1-4H3. The van der Waals surface area contributed by atoms with E-state index in [0.29, 0.717) is 0 Å². The van der Waals surface area contributed by atoms with E-state index in [1.54, 1.807) is 11.3 Å². The first-order chi connectivity index (χ1) is 10.4. The summed E-state index contributed by atoms with van der Waals surface area (Å²) < 4.78 is 3.32. The van der Waals surface area contributed by atoms with Gasteiger partial charge in [-0.15, -0.1) is 0 Å². The van der Waals surface area contributed by atoms with Gasteiger partial charge in [-0.2, -0.15) is 4.99 Å². The van der Waals surface area contributed by atoms with Crippen LogP contribution in [0.1, 0.15) is 27.7 Å². The molecule has 0 saturated carbocycles. The molecule has 0 saturated heterocycles. The van der Waals surface area contributed by atoms with Crippen LogP contribution in [-0.2, 0) is 11.3 Å². The van der Waals surface area contributed by atoms with E-state index >= 15 is 0 Å². The smallest absolute Gasteiger partial charge is 0.253 e. The number of fused-ring (bicyclic) bond motifs is 3. The molecule has 1 heterocycles. The van der Waals surface area contributed by atoms with Crippen LogP contribution in [0, 0.1) is 5.41 Å². The molecule has 114 valence electrons. The summed E-state index contributed by atoms with van der Waals surface area (Å²) in [4.78, 5) is 17.4. The number of hydrogen-bond donors (Lipinski definition) is 0. The van der Waals surface area contributed by atoms with Crippen molar-refractivity contribution >= 4 is 38.2 Å². The van der Waals surface area contributed by atoms with E-state index in [2.05, 4.69) is 46.8 Å². The van der Waals surface area contributed by atoms with Gasteiger partial charge in [0.05, 0.1) is 10.2 Å². The lowest BCUT2D eigenvalue weighted by molar-refractivity contribution is -0.125. The highest BCUT2D eigenvalue weighted by Crippen LogP contribution is 2.27. The number of carbonyl (C=O) groups is 1. The largest absolute Gasteiger partial charge is 0.317 e. The van der Waals surface area contributed by atoms with E-state index in [4.69, 9.17) is 0 Å². The first kappa shape index (κ1) is 15.0. The number of nitrogens with zero attached hydrogens (tertiary/aromatic N) is 2. The van der Waals surface area contributed by atoms with E-state index in [-0.39, 0.29) is 5.91 Å². The van der Waals surface area contributed by atoms with Crippen molar-refractivity contribution < 1.29 is 4.79 Å². The van der Waals surface area contributed by atoms with E-state index in [0.717, 1.165) is 16.9 Å². The third-order valence-corrected chi connectivity index (χ3v) is 4.86. The van der Waals surface area contributed by atoms with E-state index < -0.39 is 5.41 Å². The van der Waals surface area contributed by atoms with Crippen LogP contribution in [0.4, 0.5) is 0 Å². The Morgan fingerprint density at radius 3 is 2.59 bits per heavy atom. The third-order valence-electron chi connectivity index (χ3n) is 3.73. The van der Waals surface area contributed by atoms with E-state index in [1.165, 1.54) is 15.5 Å². The number of benzene rings is 2. The summed E-state index contributed by atoms with van der Waals surface area (Å²) in [5.41, 5.74) is 0.691. The van der Waals surface area contributed by atoms with Gasteiger partial charge in [-0.25, -0.2) is 0 Å². The molecule has 0 fully saturated rings. The Hall–Kier alpha value is -1.94.